The van der Waals surface area contributed by atoms with Gasteiger partial charge in [-0.15, -0.1) is 0 Å². The van der Waals surface area contributed by atoms with Gasteiger partial charge < -0.3 is 34.6 Å². The first kappa shape index (κ1) is 47.2. The van der Waals surface area contributed by atoms with Gasteiger partial charge in [-0.3, -0.25) is 9.59 Å². The normalized spacial score (nSPS) is 45.5. The van der Waals surface area contributed by atoms with E-state index in [4.69, 9.17) is 14.2 Å². The molecule has 2 fully saturated rings. The van der Waals surface area contributed by atoms with Crippen molar-refractivity contribution in [2.24, 2.45) is 59.2 Å². The molecule has 0 aromatic rings. The molecule has 2 saturated heterocycles. The second-order valence-corrected chi connectivity index (χ2v) is 17.7. The molecule has 314 valence electrons. The fraction of sp³-hybridized carbons (Fsp3) is 0.800. The highest BCUT2D eigenvalue weighted by atomic mass is 16.7. The van der Waals surface area contributed by atoms with Crippen LogP contribution in [0.1, 0.15) is 121 Å². The molecule has 2 bridgehead atoms. The van der Waals surface area contributed by atoms with Crippen molar-refractivity contribution in [3.63, 3.8) is 0 Å². The third kappa shape index (κ3) is 11.9. The van der Waals surface area contributed by atoms with E-state index in [9.17, 15) is 34.8 Å². The van der Waals surface area contributed by atoms with Crippen LogP contribution in [0.3, 0.4) is 0 Å². The molecule has 0 saturated carbocycles. The van der Waals surface area contributed by atoms with E-state index >= 15 is 0 Å². The number of carbonyl (C=O) groups excluding carboxylic acids is 3. The fourth-order valence-corrected chi connectivity index (χ4v) is 8.95. The lowest BCUT2D eigenvalue weighted by molar-refractivity contribution is -0.371. The molecule has 0 amide bonds. The summed E-state index contributed by atoms with van der Waals surface area (Å²) in [4.78, 5) is 40.4. The Balaban J connectivity index is 1.97. The number of aliphatic hydroxyl groups is 4. The van der Waals surface area contributed by atoms with Crippen LogP contribution in [0.5, 0.6) is 0 Å². The zero-order chi connectivity index (χ0) is 41.4. The topological polar surface area (TPSA) is 160 Å². The van der Waals surface area contributed by atoms with Crippen LogP contribution in [0.15, 0.2) is 36.5 Å². The number of allylic oxidation sites excluding steroid dienone is 4. The molecule has 1 spiro atoms. The Labute approximate surface area is 331 Å². The van der Waals surface area contributed by atoms with Gasteiger partial charge in [0.05, 0.1) is 36.6 Å². The summed E-state index contributed by atoms with van der Waals surface area (Å²) in [5, 5.41) is 43.8. The summed E-state index contributed by atoms with van der Waals surface area (Å²) in [6.07, 6.45) is 11.1. The van der Waals surface area contributed by atoms with Crippen LogP contribution in [-0.4, -0.2) is 86.5 Å². The Morgan fingerprint density at radius 2 is 1.36 bits per heavy atom. The summed E-state index contributed by atoms with van der Waals surface area (Å²) < 4.78 is 20.0. The van der Waals surface area contributed by atoms with Crippen LogP contribution in [0.2, 0.25) is 0 Å². The molecule has 3 rings (SSSR count). The lowest BCUT2D eigenvalue weighted by Crippen LogP contribution is -2.62. The highest BCUT2D eigenvalue weighted by Crippen LogP contribution is 2.49. The minimum atomic E-state index is -1.30. The van der Waals surface area contributed by atoms with E-state index in [1.165, 1.54) is 6.08 Å². The largest absolute Gasteiger partial charge is 0.458 e. The van der Waals surface area contributed by atoms with Crippen molar-refractivity contribution in [1.29, 1.82) is 0 Å². The number of carbonyl (C=O) groups is 3. The Kier molecular flexibility index (Phi) is 18.0. The number of Topliss-reactive ketones (excluding diaryl/α,β-unsaturated/α-hetero) is 2. The summed E-state index contributed by atoms with van der Waals surface area (Å²) in [7, 11) is 0. The molecule has 0 radical (unpaired) electrons. The minimum absolute atomic E-state index is 0.144. The van der Waals surface area contributed by atoms with E-state index in [1.807, 2.05) is 32.1 Å². The molecule has 10 heteroatoms. The van der Waals surface area contributed by atoms with Gasteiger partial charge in [-0.1, -0.05) is 99.6 Å². The molecule has 0 aromatic carbocycles. The van der Waals surface area contributed by atoms with E-state index < -0.39 is 77.6 Å². The van der Waals surface area contributed by atoms with Crippen molar-refractivity contribution in [2.45, 2.75) is 170 Å². The van der Waals surface area contributed by atoms with Gasteiger partial charge >= 0.3 is 5.97 Å². The van der Waals surface area contributed by atoms with Crippen LogP contribution < -0.4 is 0 Å². The average Bonchev–Trinajstić information content (AvgIpc) is 3.16. The van der Waals surface area contributed by atoms with Crippen LogP contribution in [0.4, 0.5) is 0 Å². The van der Waals surface area contributed by atoms with E-state index in [0.717, 1.165) is 25.7 Å². The van der Waals surface area contributed by atoms with Crippen LogP contribution in [0, 0.1) is 59.2 Å². The van der Waals surface area contributed by atoms with Crippen molar-refractivity contribution in [1.82, 2.24) is 0 Å². The summed E-state index contributed by atoms with van der Waals surface area (Å²) in [5.41, 5.74) is 0. The van der Waals surface area contributed by atoms with Crippen molar-refractivity contribution in [2.75, 3.05) is 0 Å². The number of fused-ring (bicyclic) bond motifs is 2. The molecule has 3 heterocycles. The molecule has 3 aliphatic heterocycles. The summed E-state index contributed by atoms with van der Waals surface area (Å²) in [6.45, 7) is 20.1. The number of ether oxygens (including phenoxy) is 3. The van der Waals surface area contributed by atoms with Gasteiger partial charge in [-0.05, 0) is 63.2 Å². The van der Waals surface area contributed by atoms with E-state index in [2.05, 4.69) is 26.8 Å². The molecule has 55 heavy (non-hydrogen) atoms. The predicted octanol–water partition coefficient (Wildman–Crippen LogP) is 6.77. The highest BCUT2D eigenvalue weighted by Gasteiger charge is 2.56. The Bertz CT molecular complexity index is 1340. The maximum atomic E-state index is 13.5. The van der Waals surface area contributed by atoms with E-state index in [1.54, 1.807) is 47.6 Å². The Hall–Kier alpha value is -2.21. The van der Waals surface area contributed by atoms with Crippen LogP contribution >= 0.6 is 0 Å². The van der Waals surface area contributed by atoms with Gasteiger partial charge in [0.15, 0.2) is 5.79 Å². The quantitative estimate of drug-likeness (QED) is 0.226. The number of hydrogen-bond donors (Lipinski definition) is 4. The van der Waals surface area contributed by atoms with Gasteiger partial charge in [0.2, 0.25) is 0 Å². The van der Waals surface area contributed by atoms with Crippen LogP contribution in [0.25, 0.3) is 0 Å². The molecule has 0 aromatic heterocycles. The summed E-state index contributed by atoms with van der Waals surface area (Å²) >= 11 is 0. The van der Waals surface area contributed by atoms with E-state index in [-0.39, 0.29) is 47.6 Å². The van der Waals surface area contributed by atoms with Crippen molar-refractivity contribution in [3.05, 3.63) is 36.5 Å². The molecule has 4 N–H and O–H groups in total. The zero-order valence-corrected chi connectivity index (χ0v) is 35.5. The highest BCUT2D eigenvalue weighted by molar-refractivity contribution is 5.87. The molecule has 3 aliphatic rings. The SMILES string of the molecule is CC[C@H]1C=C/C=C\C[C@@H](C)[C@H](O)[C@H](C)C(=O)[C@@H](C)[C@H](O)[C@@H](C)C(=O)[C@@H](C)[C@H](O)[C@@H](C)/C=C\C(=O)O[C@@H]2[C@H](C)[C@H](CC1)O[C@]1(CC[C@H](C)[C@H](C[C@@H](C)O)O1)[C@H]2C. The Morgan fingerprint density at radius 1 is 0.764 bits per heavy atom. The van der Waals surface area contributed by atoms with Crippen molar-refractivity contribution in [3.8, 4) is 0 Å². The predicted molar refractivity (Wildman–Crippen MR) is 213 cm³/mol. The number of hydrogen-bond acceptors (Lipinski definition) is 10. The van der Waals surface area contributed by atoms with Crippen molar-refractivity contribution >= 4 is 17.5 Å². The average molecular weight is 775 g/mol. The maximum Gasteiger partial charge on any atom is 0.330 e. The first-order valence-electron chi connectivity index (χ1n) is 21.1. The lowest BCUT2D eigenvalue weighted by atomic mass is 9.74. The van der Waals surface area contributed by atoms with Crippen LogP contribution in [-0.2, 0) is 28.6 Å². The monoisotopic (exact) mass is 775 g/mol. The van der Waals surface area contributed by atoms with Gasteiger partial charge in [0, 0.05) is 53.9 Å². The number of esters is 1. The smallest absolute Gasteiger partial charge is 0.330 e. The Morgan fingerprint density at radius 3 is 1.96 bits per heavy atom. The fourth-order valence-electron chi connectivity index (χ4n) is 8.95. The maximum absolute atomic E-state index is 13.5. The third-order valence-electron chi connectivity index (χ3n) is 13.4. The summed E-state index contributed by atoms with van der Waals surface area (Å²) in [6, 6.07) is 0. The molecule has 0 unspecified atom stereocenters. The molecule has 18 atom stereocenters. The molecular weight excluding hydrogens is 700 g/mol. The van der Waals surface area contributed by atoms with Gasteiger partial charge in [-0.2, -0.15) is 0 Å². The molecule has 10 nitrogen and oxygen atoms in total. The summed E-state index contributed by atoms with van der Waals surface area (Å²) in [5.74, 6) is -6.53. The number of ketones is 2. The van der Waals surface area contributed by atoms with Gasteiger partial charge in [0.25, 0.3) is 0 Å². The first-order chi connectivity index (χ1) is 25.8. The van der Waals surface area contributed by atoms with Gasteiger partial charge in [-0.25, -0.2) is 4.79 Å². The number of rotatable bonds is 3. The van der Waals surface area contributed by atoms with E-state index in [0.29, 0.717) is 19.3 Å². The second kappa shape index (κ2) is 21.0. The van der Waals surface area contributed by atoms with Crippen molar-refractivity contribution < 1.29 is 49.0 Å². The lowest BCUT2D eigenvalue weighted by Gasteiger charge is -2.55. The zero-order valence-electron chi connectivity index (χ0n) is 35.5. The third-order valence-corrected chi connectivity index (χ3v) is 13.4. The first-order valence-corrected chi connectivity index (χ1v) is 21.1. The van der Waals surface area contributed by atoms with Gasteiger partial charge in [0.1, 0.15) is 17.7 Å². The molecular formula is C45H74O10. The number of aliphatic hydroxyl groups excluding tert-OH is 4. The second-order valence-electron chi connectivity index (χ2n) is 17.7. The standard InChI is InChI=1S/C45H74O10/c1-12-35-17-15-13-14-16-26(3)39(48)30(7)41(50)32(9)43(52)33(10)42(51)31(8)40(49)27(4)18-21-38(47)53-44-29(6)36(20-19-35)54-45(34(44)11)23-22-25(2)37(55-45)24-28(5)46/h13-15,17-18,21,25-37,39-40,43-44,46,48-49,52H,12,16,19-20,22-24H2,1-11H3/b14-13-,17-15?,21-18-/t25-,26+,27-,28+,29+,30-,31-,32+,33-,34-,35-,36-,37-,39-,40+,43-,44+,45-/m0/s1. The minimum Gasteiger partial charge on any atom is -0.458 e. The molecule has 0 aliphatic carbocycles.